The Morgan fingerprint density at radius 1 is 0.750 bits per heavy atom. The van der Waals surface area contributed by atoms with Crippen molar-refractivity contribution in [3.05, 3.63) is 46.4 Å². The molecule has 0 aliphatic heterocycles. The molecule has 0 fully saturated rings. The molecule has 0 aliphatic carbocycles. The van der Waals surface area contributed by atoms with Crippen LogP contribution in [0.4, 0.5) is 0 Å². The molecule has 0 bridgehead atoms. The third-order valence-corrected chi connectivity index (χ3v) is 5.22. The number of aromatic amines is 1. The molecular weight excluding hydrogens is 262 g/mol. The van der Waals surface area contributed by atoms with E-state index in [9.17, 15) is 0 Å². The van der Waals surface area contributed by atoms with Crippen LogP contribution in [-0.2, 0) is 10.8 Å². The van der Waals surface area contributed by atoms with Crippen LogP contribution in [0.15, 0.2) is 36.7 Å². The van der Waals surface area contributed by atoms with Gasteiger partial charge in [-0.15, -0.1) is 0 Å². The Balaban J connectivity index is 2.64. The van der Waals surface area contributed by atoms with E-state index in [0.29, 0.717) is 0 Å². The summed E-state index contributed by atoms with van der Waals surface area (Å²) in [6.45, 7) is 13.7. The summed E-state index contributed by atoms with van der Waals surface area (Å²) in [7, 11) is 0. The highest BCUT2D eigenvalue weighted by Gasteiger charge is 2.32. The fourth-order valence-corrected chi connectivity index (χ4v) is 3.21. The van der Waals surface area contributed by atoms with Crippen LogP contribution in [0.1, 0.15) is 51.3 Å². The zero-order chi connectivity index (χ0) is 15.0. The second-order valence-corrected chi connectivity index (χ2v) is 8.45. The number of aromatic nitrogens is 1. The van der Waals surface area contributed by atoms with E-state index in [1.165, 1.54) is 20.9 Å². The van der Waals surface area contributed by atoms with Gasteiger partial charge in [-0.3, -0.25) is 0 Å². The van der Waals surface area contributed by atoms with Crippen molar-refractivity contribution in [3.63, 3.8) is 0 Å². The lowest BCUT2D eigenvalue weighted by Crippen LogP contribution is -2.14. The minimum atomic E-state index is 0.182. The third kappa shape index (κ3) is 3.43. The van der Waals surface area contributed by atoms with Crippen molar-refractivity contribution in [2.45, 2.75) is 52.4 Å². The Hall–Kier alpha value is -1.28. The Bertz CT molecular complexity index is 557. The van der Waals surface area contributed by atoms with Gasteiger partial charge in [0.25, 0.3) is 0 Å². The summed E-state index contributed by atoms with van der Waals surface area (Å²) in [6.07, 6.45) is 3.97. The van der Waals surface area contributed by atoms with Crippen LogP contribution < -0.4 is 4.98 Å². The summed E-state index contributed by atoms with van der Waals surface area (Å²) in [4.78, 5) is 5.97. The van der Waals surface area contributed by atoms with E-state index >= 15 is 0 Å². The Morgan fingerprint density at radius 2 is 1.20 bits per heavy atom. The van der Waals surface area contributed by atoms with E-state index in [2.05, 4.69) is 70.8 Å². The molecule has 2 heterocycles. The summed E-state index contributed by atoms with van der Waals surface area (Å²) >= 11 is 1.94. The lowest BCUT2D eigenvalue weighted by molar-refractivity contribution is -0.377. The fraction of sp³-hybridized carbons (Fsp3) is 0.444. The van der Waals surface area contributed by atoms with Crippen LogP contribution >= 0.6 is 11.3 Å². The Morgan fingerprint density at radius 3 is 1.60 bits per heavy atom. The molecule has 106 valence electrons. The highest BCUT2D eigenvalue weighted by atomic mass is 32.1. The molecule has 0 unspecified atom stereocenters. The maximum atomic E-state index is 3.09. The SMILES string of the molecule is CC(C)(C)c1cc(-c2cc[nH+]cc2)cc(C(C)(C)C)[s+]1. The number of hydrogen-bond acceptors (Lipinski definition) is 0. The van der Waals surface area contributed by atoms with E-state index < -0.39 is 0 Å². The van der Waals surface area contributed by atoms with Crippen molar-refractivity contribution in [3.8, 4) is 11.1 Å². The van der Waals surface area contributed by atoms with Crippen molar-refractivity contribution >= 4 is 11.3 Å². The highest BCUT2D eigenvalue weighted by Crippen LogP contribution is 2.37. The molecule has 20 heavy (non-hydrogen) atoms. The number of rotatable bonds is 1. The molecule has 2 aromatic rings. The number of nitrogens with one attached hydrogen (secondary N) is 1. The van der Waals surface area contributed by atoms with Gasteiger partial charge >= 0.3 is 0 Å². The van der Waals surface area contributed by atoms with E-state index in [-0.39, 0.29) is 10.8 Å². The van der Waals surface area contributed by atoms with Crippen molar-refractivity contribution in [1.29, 1.82) is 0 Å². The predicted octanol–water partition coefficient (Wildman–Crippen LogP) is 5.11. The zero-order valence-electron chi connectivity index (χ0n) is 13.4. The first-order valence-corrected chi connectivity index (χ1v) is 7.95. The molecule has 1 N–H and O–H groups in total. The van der Waals surface area contributed by atoms with Gasteiger partial charge in [-0.1, -0.05) is 41.5 Å². The van der Waals surface area contributed by atoms with Crippen LogP contribution in [0.25, 0.3) is 11.1 Å². The topological polar surface area (TPSA) is 14.1 Å². The molecule has 0 atom stereocenters. The first kappa shape index (κ1) is 15.1. The van der Waals surface area contributed by atoms with Crippen molar-refractivity contribution in [1.82, 2.24) is 0 Å². The molecular formula is C18H25NS+2. The average Bonchev–Trinajstić information content (AvgIpc) is 2.37. The molecule has 0 saturated carbocycles. The monoisotopic (exact) mass is 287 g/mol. The van der Waals surface area contributed by atoms with Gasteiger partial charge in [-0.2, -0.15) is 0 Å². The van der Waals surface area contributed by atoms with Crippen LogP contribution in [0.5, 0.6) is 0 Å². The van der Waals surface area contributed by atoms with E-state index in [1.54, 1.807) is 0 Å². The van der Waals surface area contributed by atoms with Gasteiger partial charge in [0.05, 0.1) is 0 Å². The summed E-state index contributed by atoms with van der Waals surface area (Å²) in [6, 6.07) is 8.96. The fourth-order valence-electron chi connectivity index (χ4n) is 1.99. The van der Waals surface area contributed by atoms with Crippen LogP contribution in [0.2, 0.25) is 0 Å². The van der Waals surface area contributed by atoms with Crippen LogP contribution in [0, 0.1) is 0 Å². The second kappa shape index (κ2) is 5.25. The molecule has 2 aromatic heterocycles. The molecule has 0 aromatic carbocycles. The molecule has 0 spiro atoms. The first-order valence-electron chi connectivity index (χ1n) is 7.13. The Labute approximate surface area is 126 Å². The van der Waals surface area contributed by atoms with Gasteiger partial charge in [0, 0.05) is 35.1 Å². The molecule has 0 amide bonds. The van der Waals surface area contributed by atoms with Gasteiger partial charge in [0.2, 0.25) is 21.1 Å². The smallest absolute Gasteiger partial charge is 0.218 e. The average molecular weight is 287 g/mol. The van der Waals surface area contributed by atoms with E-state index in [4.69, 9.17) is 0 Å². The standard InChI is InChI=1S/C18H24NS/c1-17(2,3)15-11-14(13-7-9-19-10-8-13)12-16(20-15)18(4,5)6/h7-12H,1-6H3/q+1/p+1. The van der Waals surface area contributed by atoms with Crippen LogP contribution in [0.3, 0.4) is 0 Å². The van der Waals surface area contributed by atoms with Gasteiger partial charge in [-0.25, -0.2) is 4.98 Å². The maximum Gasteiger partial charge on any atom is 0.219 e. The normalized spacial score (nSPS) is 12.5. The second-order valence-electron chi connectivity index (χ2n) is 7.36. The predicted molar refractivity (Wildman–Crippen MR) is 88.1 cm³/mol. The lowest BCUT2D eigenvalue weighted by Gasteiger charge is -2.16. The summed E-state index contributed by atoms with van der Waals surface area (Å²) in [5, 5.41) is 0. The summed E-state index contributed by atoms with van der Waals surface area (Å²) < 4.78 is 0. The highest BCUT2D eigenvalue weighted by molar-refractivity contribution is 7.12. The van der Waals surface area contributed by atoms with Crippen molar-refractivity contribution in [2.75, 3.05) is 0 Å². The number of pyridine rings is 1. The molecule has 0 radical (unpaired) electrons. The summed E-state index contributed by atoms with van der Waals surface area (Å²) in [5.74, 6) is 0. The van der Waals surface area contributed by atoms with Crippen molar-refractivity contribution < 1.29 is 4.98 Å². The van der Waals surface area contributed by atoms with Crippen LogP contribution in [-0.4, -0.2) is 0 Å². The van der Waals surface area contributed by atoms with Gasteiger partial charge in [0.1, 0.15) is 0 Å². The van der Waals surface area contributed by atoms with Gasteiger partial charge in [0.15, 0.2) is 12.4 Å². The number of H-pyrrole nitrogens is 1. The summed E-state index contributed by atoms with van der Waals surface area (Å²) in [5.41, 5.74) is 2.95. The number of hydrogen-bond donors (Lipinski definition) is 0. The van der Waals surface area contributed by atoms with E-state index in [0.717, 1.165) is 0 Å². The maximum absolute atomic E-state index is 3.09. The molecule has 0 aliphatic rings. The first-order chi connectivity index (χ1) is 9.18. The quantitative estimate of drug-likeness (QED) is 0.647. The Kier molecular flexibility index (Phi) is 3.97. The minimum absolute atomic E-state index is 0.182. The third-order valence-electron chi connectivity index (χ3n) is 3.32. The molecule has 0 saturated heterocycles. The molecule has 1 nitrogen and oxygen atoms in total. The van der Waals surface area contributed by atoms with Gasteiger partial charge < -0.3 is 0 Å². The van der Waals surface area contributed by atoms with Gasteiger partial charge in [-0.05, 0) is 11.1 Å². The van der Waals surface area contributed by atoms with E-state index in [1.807, 2.05) is 23.7 Å². The lowest BCUT2D eigenvalue weighted by atomic mass is 9.90. The zero-order valence-corrected chi connectivity index (χ0v) is 14.2. The molecule has 2 heteroatoms. The largest absolute Gasteiger partial charge is 0.219 e. The minimum Gasteiger partial charge on any atom is -0.218 e. The van der Waals surface area contributed by atoms with Crippen molar-refractivity contribution in [2.24, 2.45) is 0 Å². The molecule has 2 rings (SSSR count).